The van der Waals surface area contributed by atoms with E-state index in [0.29, 0.717) is 0 Å². The molecule has 1 saturated carbocycles. The molecule has 0 bridgehead atoms. The van der Waals surface area contributed by atoms with E-state index in [4.69, 9.17) is 9.97 Å². The molecule has 8 nitrogen and oxygen atoms in total. The molecular weight excluding hydrogens is 460 g/mol. The van der Waals surface area contributed by atoms with Crippen LogP contribution in [0.4, 0.5) is 5.69 Å². The van der Waals surface area contributed by atoms with Gasteiger partial charge in [-0.3, -0.25) is 20.1 Å². The van der Waals surface area contributed by atoms with E-state index in [1.54, 1.807) is 0 Å². The summed E-state index contributed by atoms with van der Waals surface area (Å²) < 4.78 is 0. The molecule has 0 aromatic carbocycles. The first kappa shape index (κ1) is 22.4. The van der Waals surface area contributed by atoms with Crippen LogP contribution < -0.4 is 4.90 Å². The van der Waals surface area contributed by atoms with Crippen molar-refractivity contribution in [2.75, 3.05) is 18.0 Å². The molecule has 5 aromatic heterocycles. The van der Waals surface area contributed by atoms with Gasteiger partial charge in [-0.2, -0.15) is 5.10 Å². The van der Waals surface area contributed by atoms with Crippen LogP contribution in [-0.4, -0.2) is 48.2 Å². The number of piperidine rings is 1. The molecule has 2 aliphatic rings. The number of rotatable bonds is 5. The molecule has 7 rings (SSSR count). The Hall–Kier alpha value is -3.81. The standard InChI is InChI=1S/C29H32N8/c1-3-7-19(8-4-1)11-20-12-21(15-30-14-20)23-13-22-24(17-32-23)35-36-27(22)29-33-25-16-31-18-26(28(25)34-29)37-9-5-2-6-10-37/h12-19H,1-11H2,(H,33,34)(H,35,36). The zero-order valence-corrected chi connectivity index (χ0v) is 21.1. The Kier molecular flexibility index (Phi) is 5.79. The third kappa shape index (κ3) is 4.34. The fourth-order valence-electron chi connectivity index (χ4n) is 6.12. The van der Waals surface area contributed by atoms with Crippen LogP contribution in [-0.2, 0) is 6.42 Å². The minimum Gasteiger partial charge on any atom is -0.368 e. The summed E-state index contributed by atoms with van der Waals surface area (Å²) in [5, 5.41) is 8.76. The van der Waals surface area contributed by atoms with Crippen molar-refractivity contribution in [1.82, 2.24) is 35.1 Å². The van der Waals surface area contributed by atoms with Gasteiger partial charge < -0.3 is 9.88 Å². The van der Waals surface area contributed by atoms with Crippen molar-refractivity contribution >= 4 is 27.6 Å². The lowest BCUT2D eigenvalue weighted by Crippen LogP contribution is -2.29. The Labute approximate surface area is 216 Å². The van der Waals surface area contributed by atoms with Crippen LogP contribution >= 0.6 is 0 Å². The third-order valence-corrected chi connectivity index (χ3v) is 8.08. The number of nitrogens with zero attached hydrogens (tertiary/aromatic N) is 6. The number of H-pyrrole nitrogens is 2. The molecule has 188 valence electrons. The maximum atomic E-state index is 5.01. The van der Waals surface area contributed by atoms with Gasteiger partial charge in [0.25, 0.3) is 0 Å². The highest BCUT2D eigenvalue weighted by Crippen LogP contribution is 2.33. The molecule has 8 heteroatoms. The number of pyridine rings is 3. The number of fused-ring (bicyclic) bond motifs is 2. The molecule has 1 aliphatic heterocycles. The molecule has 2 fully saturated rings. The average molecular weight is 493 g/mol. The molecule has 0 amide bonds. The predicted molar refractivity (Wildman–Crippen MR) is 146 cm³/mol. The van der Waals surface area contributed by atoms with Crippen molar-refractivity contribution in [1.29, 1.82) is 0 Å². The largest absolute Gasteiger partial charge is 0.368 e. The Morgan fingerprint density at radius 1 is 0.838 bits per heavy atom. The van der Waals surface area contributed by atoms with Crippen molar-refractivity contribution < 1.29 is 0 Å². The van der Waals surface area contributed by atoms with E-state index in [2.05, 4.69) is 42.2 Å². The molecular formula is C29H32N8. The summed E-state index contributed by atoms with van der Waals surface area (Å²) in [4.78, 5) is 24.7. The lowest BCUT2D eigenvalue weighted by Gasteiger charge is -2.28. The molecule has 1 aliphatic carbocycles. The van der Waals surface area contributed by atoms with E-state index in [-0.39, 0.29) is 0 Å². The number of anilines is 1. The minimum atomic E-state index is 0.744. The first-order valence-corrected chi connectivity index (χ1v) is 13.7. The van der Waals surface area contributed by atoms with Crippen LogP contribution in [0.2, 0.25) is 0 Å². The lowest BCUT2D eigenvalue weighted by atomic mass is 9.85. The monoisotopic (exact) mass is 492 g/mol. The summed E-state index contributed by atoms with van der Waals surface area (Å²) in [5.74, 6) is 1.52. The molecule has 6 heterocycles. The quantitative estimate of drug-likeness (QED) is 0.309. The number of hydrogen-bond acceptors (Lipinski definition) is 6. The zero-order valence-electron chi connectivity index (χ0n) is 21.1. The van der Waals surface area contributed by atoms with E-state index in [9.17, 15) is 0 Å². The normalized spacial score (nSPS) is 17.1. The lowest BCUT2D eigenvalue weighted by molar-refractivity contribution is 0.356. The third-order valence-electron chi connectivity index (χ3n) is 8.08. The molecule has 0 spiro atoms. The van der Waals surface area contributed by atoms with E-state index < -0.39 is 0 Å². The first-order chi connectivity index (χ1) is 18.3. The van der Waals surface area contributed by atoms with Crippen LogP contribution in [0, 0.1) is 5.92 Å². The highest BCUT2D eigenvalue weighted by Gasteiger charge is 2.20. The summed E-state index contributed by atoms with van der Waals surface area (Å²) in [6.45, 7) is 2.11. The van der Waals surface area contributed by atoms with Crippen LogP contribution in [0.1, 0.15) is 56.9 Å². The maximum absolute atomic E-state index is 5.01. The molecule has 0 radical (unpaired) electrons. The summed E-state index contributed by atoms with van der Waals surface area (Å²) in [6, 6.07) is 4.36. The van der Waals surface area contributed by atoms with E-state index in [0.717, 1.165) is 75.8 Å². The topological polar surface area (TPSA) is 99.3 Å². The number of hydrogen-bond donors (Lipinski definition) is 2. The zero-order chi connectivity index (χ0) is 24.6. The Bertz CT molecular complexity index is 1540. The Morgan fingerprint density at radius 2 is 1.68 bits per heavy atom. The number of nitrogens with one attached hydrogen (secondary N) is 2. The predicted octanol–water partition coefficient (Wildman–Crippen LogP) is 6.07. The summed E-state index contributed by atoms with van der Waals surface area (Å²) in [5.41, 5.74) is 7.92. The van der Waals surface area contributed by atoms with Crippen LogP contribution in [0.3, 0.4) is 0 Å². The van der Waals surface area contributed by atoms with E-state index in [1.807, 2.05) is 31.0 Å². The molecule has 0 atom stereocenters. The highest BCUT2D eigenvalue weighted by molar-refractivity contribution is 5.96. The van der Waals surface area contributed by atoms with Gasteiger partial charge in [-0.05, 0) is 49.3 Å². The number of aromatic nitrogens is 7. The fourth-order valence-corrected chi connectivity index (χ4v) is 6.12. The average Bonchev–Trinajstić information content (AvgIpc) is 3.58. The van der Waals surface area contributed by atoms with Gasteiger partial charge in [-0.15, -0.1) is 0 Å². The van der Waals surface area contributed by atoms with Crippen LogP contribution in [0.5, 0.6) is 0 Å². The smallest absolute Gasteiger partial charge is 0.159 e. The van der Waals surface area contributed by atoms with Crippen molar-refractivity contribution in [2.24, 2.45) is 5.92 Å². The van der Waals surface area contributed by atoms with Crippen LogP contribution in [0.15, 0.2) is 43.1 Å². The van der Waals surface area contributed by atoms with Crippen LogP contribution in [0.25, 0.3) is 44.7 Å². The van der Waals surface area contributed by atoms with Gasteiger partial charge in [0.1, 0.15) is 11.2 Å². The first-order valence-electron chi connectivity index (χ1n) is 13.7. The SMILES string of the molecule is c1ncc(-c2cc3c(-c4nc5c(N6CCCCC6)cncc5[nH]4)n[nH]c3cn2)cc1CC1CCCCC1. The van der Waals surface area contributed by atoms with Crippen molar-refractivity contribution in [3.05, 3.63) is 48.7 Å². The van der Waals surface area contributed by atoms with Crippen molar-refractivity contribution in [3.63, 3.8) is 0 Å². The molecule has 1 saturated heterocycles. The minimum absolute atomic E-state index is 0.744. The summed E-state index contributed by atoms with van der Waals surface area (Å²) >= 11 is 0. The Morgan fingerprint density at radius 3 is 2.57 bits per heavy atom. The number of imidazole rings is 1. The van der Waals surface area contributed by atoms with Gasteiger partial charge in [0.05, 0.1) is 41.0 Å². The number of aromatic amines is 2. The van der Waals surface area contributed by atoms with Gasteiger partial charge in [-0.25, -0.2) is 4.98 Å². The van der Waals surface area contributed by atoms with E-state index in [1.165, 1.54) is 56.9 Å². The molecule has 5 aromatic rings. The van der Waals surface area contributed by atoms with Gasteiger partial charge in [-0.1, -0.05) is 32.1 Å². The summed E-state index contributed by atoms with van der Waals surface area (Å²) in [6.07, 6.45) is 21.2. The van der Waals surface area contributed by atoms with Crippen molar-refractivity contribution in [3.8, 4) is 22.8 Å². The second kappa shape index (κ2) is 9.57. The maximum Gasteiger partial charge on any atom is 0.159 e. The molecule has 37 heavy (non-hydrogen) atoms. The second-order valence-corrected chi connectivity index (χ2v) is 10.7. The highest BCUT2D eigenvalue weighted by atomic mass is 15.2. The van der Waals surface area contributed by atoms with Gasteiger partial charge in [0.15, 0.2) is 5.82 Å². The second-order valence-electron chi connectivity index (χ2n) is 10.7. The summed E-state index contributed by atoms with van der Waals surface area (Å²) in [7, 11) is 0. The van der Waals surface area contributed by atoms with Gasteiger partial charge in [0, 0.05) is 36.4 Å². The van der Waals surface area contributed by atoms with Gasteiger partial charge in [0.2, 0.25) is 0 Å². The van der Waals surface area contributed by atoms with Crippen molar-refractivity contribution in [2.45, 2.75) is 57.8 Å². The molecule has 0 unspecified atom stereocenters. The van der Waals surface area contributed by atoms with E-state index >= 15 is 0 Å². The fraction of sp³-hybridized carbons (Fsp3) is 0.414. The van der Waals surface area contributed by atoms with Gasteiger partial charge >= 0.3 is 0 Å². The molecule has 2 N–H and O–H groups in total. The Balaban J connectivity index is 1.23.